The van der Waals surface area contributed by atoms with Crippen LogP contribution in [-0.2, 0) is 13.1 Å². The Labute approximate surface area is 215 Å². The van der Waals surface area contributed by atoms with Gasteiger partial charge in [0.15, 0.2) is 0 Å². The average Bonchev–Trinajstić information content (AvgIpc) is 3.29. The van der Waals surface area contributed by atoms with E-state index in [2.05, 4.69) is 23.6 Å². The van der Waals surface area contributed by atoms with Crippen LogP contribution in [0, 0.1) is 11.6 Å². The van der Waals surface area contributed by atoms with Crippen molar-refractivity contribution in [2.75, 3.05) is 32.8 Å². The second-order valence-electron chi connectivity index (χ2n) is 9.19. The number of halogens is 2. The van der Waals surface area contributed by atoms with E-state index in [0.29, 0.717) is 31.1 Å². The Hall–Kier alpha value is -3.97. The summed E-state index contributed by atoms with van der Waals surface area (Å²) in [6.45, 7) is 7.56. The van der Waals surface area contributed by atoms with Crippen LogP contribution in [0.25, 0.3) is 10.9 Å². The lowest BCUT2D eigenvalue weighted by molar-refractivity contribution is 0.0619. The smallest absolute Gasteiger partial charge is 0.270 e. The normalized spacial score (nSPS) is 14.2. The Bertz CT molecular complexity index is 1410. The molecule has 1 aliphatic heterocycles. The molecule has 0 atom stereocenters. The molecular weight excluding hydrogens is 472 g/mol. The quantitative estimate of drug-likeness (QED) is 0.300. The standard InChI is InChI=1S/C30H29F2N3O2/c1-2-17-37-29-10-6-9-27-25(29)19-28(35(27)21-23-18-24(31)11-12-26(23)32)30(36)34-15-13-33(14-16-34)20-22-7-4-3-5-8-22/h2-12,18-19H,1,13-17,20-21H2. The fourth-order valence-electron chi connectivity index (χ4n) is 4.83. The largest absolute Gasteiger partial charge is 0.489 e. The highest BCUT2D eigenvalue weighted by atomic mass is 19.1. The van der Waals surface area contributed by atoms with Gasteiger partial charge in [0.1, 0.15) is 29.7 Å². The van der Waals surface area contributed by atoms with Gasteiger partial charge in [0.2, 0.25) is 0 Å². The molecule has 1 saturated heterocycles. The first-order valence-electron chi connectivity index (χ1n) is 12.4. The van der Waals surface area contributed by atoms with Gasteiger partial charge in [0.05, 0.1) is 12.1 Å². The minimum Gasteiger partial charge on any atom is -0.489 e. The molecule has 0 bridgehead atoms. The third-order valence-corrected chi connectivity index (χ3v) is 6.73. The Morgan fingerprint density at radius 2 is 1.70 bits per heavy atom. The van der Waals surface area contributed by atoms with Crippen molar-refractivity contribution in [1.82, 2.24) is 14.4 Å². The zero-order valence-corrected chi connectivity index (χ0v) is 20.6. The molecular formula is C30H29F2N3O2. The Morgan fingerprint density at radius 3 is 2.46 bits per heavy atom. The Kier molecular flexibility index (Phi) is 7.32. The molecule has 5 nitrogen and oxygen atoms in total. The third kappa shape index (κ3) is 5.42. The Morgan fingerprint density at radius 1 is 0.919 bits per heavy atom. The van der Waals surface area contributed by atoms with Crippen LogP contribution < -0.4 is 4.74 Å². The summed E-state index contributed by atoms with van der Waals surface area (Å²) in [4.78, 5) is 17.9. The van der Waals surface area contributed by atoms with E-state index in [9.17, 15) is 13.6 Å². The van der Waals surface area contributed by atoms with Gasteiger partial charge < -0.3 is 14.2 Å². The summed E-state index contributed by atoms with van der Waals surface area (Å²) in [6, 6.07) is 21.0. The zero-order valence-electron chi connectivity index (χ0n) is 20.6. The van der Waals surface area contributed by atoms with Crippen LogP contribution >= 0.6 is 0 Å². The fraction of sp³-hybridized carbons (Fsp3) is 0.233. The number of carbonyl (C=O) groups is 1. The predicted molar refractivity (Wildman–Crippen MR) is 141 cm³/mol. The SMILES string of the molecule is C=CCOc1cccc2c1cc(C(=O)N1CCN(Cc3ccccc3)CC1)n2Cc1cc(F)ccc1F. The average molecular weight is 502 g/mol. The monoisotopic (exact) mass is 501 g/mol. The van der Waals surface area contributed by atoms with Gasteiger partial charge in [-0.2, -0.15) is 0 Å². The number of aromatic nitrogens is 1. The molecule has 0 saturated carbocycles. The molecule has 1 amide bonds. The van der Waals surface area contributed by atoms with E-state index in [1.807, 2.05) is 41.3 Å². The van der Waals surface area contributed by atoms with Crippen molar-refractivity contribution < 1.29 is 18.3 Å². The van der Waals surface area contributed by atoms with Crippen molar-refractivity contribution in [2.45, 2.75) is 13.1 Å². The summed E-state index contributed by atoms with van der Waals surface area (Å²) in [6.07, 6.45) is 1.65. The molecule has 5 rings (SSSR count). The summed E-state index contributed by atoms with van der Waals surface area (Å²) in [5.41, 5.74) is 2.56. The van der Waals surface area contributed by atoms with Gasteiger partial charge in [0, 0.05) is 43.7 Å². The number of amides is 1. The van der Waals surface area contributed by atoms with Gasteiger partial charge in [-0.15, -0.1) is 0 Å². The van der Waals surface area contributed by atoms with Crippen molar-refractivity contribution in [3.63, 3.8) is 0 Å². The summed E-state index contributed by atoms with van der Waals surface area (Å²) in [5, 5.41) is 0.743. The molecule has 0 aliphatic carbocycles. The molecule has 0 radical (unpaired) electrons. The number of fused-ring (bicyclic) bond motifs is 1. The lowest BCUT2D eigenvalue weighted by Crippen LogP contribution is -2.48. The molecule has 190 valence electrons. The topological polar surface area (TPSA) is 37.7 Å². The van der Waals surface area contributed by atoms with Crippen LogP contribution in [0.3, 0.4) is 0 Å². The van der Waals surface area contributed by atoms with Crippen LogP contribution in [0.1, 0.15) is 21.6 Å². The number of hydrogen-bond donors (Lipinski definition) is 0. The number of benzene rings is 3. The highest BCUT2D eigenvalue weighted by molar-refractivity contribution is 6.00. The van der Waals surface area contributed by atoms with E-state index in [-0.39, 0.29) is 18.0 Å². The number of nitrogens with zero attached hydrogens (tertiary/aromatic N) is 3. The Balaban J connectivity index is 1.44. The lowest BCUT2D eigenvalue weighted by Gasteiger charge is -2.35. The highest BCUT2D eigenvalue weighted by Crippen LogP contribution is 2.31. The van der Waals surface area contributed by atoms with Crippen molar-refractivity contribution in [3.05, 3.63) is 114 Å². The van der Waals surface area contributed by atoms with E-state index >= 15 is 0 Å². The maximum Gasteiger partial charge on any atom is 0.270 e. The van der Waals surface area contributed by atoms with E-state index in [1.54, 1.807) is 16.7 Å². The molecule has 37 heavy (non-hydrogen) atoms. The molecule has 4 aromatic rings. The zero-order chi connectivity index (χ0) is 25.8. The highest BCUT2D eigenvalue weighted by Gasteiger charge is 2.26. The van der Waals surface area contributed by atoms with Gasteiger partial charge in [-0.3, -0.25) is 9.69 Å². The van der Waals surface area contributed by atoms with Crippen molar-refractivity contribution in [1.29, 1.82) is 0 Å². The second-order valence-corrected chi connectivity index (χ2v) is 9.19. The summed E-state index contributed by atoms with van der Waals surface area (Å²) in [5.74, 6) is -0.569. The second kappa shape index (κ2) is 11.0. The molecule has 0 N–H and O–H groups in total. The summed E-state index contributed by atoms with van der Waals surface area (Å²) >= 11 is 0. The van der Waals surface area contributed by atoms with Crippen LogP contribution in [0.5, 0.6) is 5.75 Å². The molecule has 3 aromatic carbocycles. The van der Waals surface area contributed by atoms with Gasteiger partial charge in [-0.25, -0.2) is 8.78 Å². The molecule has 1 aliphatic rings. The molecule has 1 fully saturated rings. The van der Waals surface area contributed by atoms with E-state index < -0.39 is 11.6 Å². The van der Waals surface area contributed by atoms with E-state index in [4.69, 9.17) is 4.74 Å². The first-order chi connectivity index (χ1) is 18.0. The third-order valence-electron chi connectivity index (χ3n) is 6.73. The minimum absolute atomic E-state index is 0.0209. The van der Waals surface area contributed by atoms with Crippen molar-refractivity contribution >= 4 is 16.8 Å². The van der Waals surface area contributed by atoms with Gasteiger partial charge in [-0.05, 0) is 42.0 Å². The number of piperazine rings is 1. The van der Waals surface area contributed by atoms with Crippen LogP contribution in [0.4, 0.5) is 8.78 Å². The predicted octanol–water partition coefficient (Wildman–Crippen LogP) is 5.49. The van der Waals surface area contributed by atoms with Crippen molar-refractivity contribution in [3.8, 4) is 5.75 Å². The first-order valence-corrected chi connectivity index (χ1v) is 12.4. The number of ether oxygens (including phenoxy) is 1. The summed E-state index contributed by atoms with van der Waals surface area (Å²) in [7, 11) is 0. The maximum absolute atomic E-state index is 14.6. The van der Waals surface area contributed by atoms with E-state index in [0.717, 1.165) is 42.7 Å². The molecule has 0 spiro atoms. The fourth-order valence-corrected chi connectivity index (χ4v) is 4.83. The van der Waals surface area contributed by atoms with Crippen LogP contribution in [-0.4, -0.2) is 53.1 Å². The van der Waals surface area contributed by atoms with Gasteiger partial charge in [-0.1, -0.05) is 49.1 Å². The number of rotatable bonds is 8. The molecule has 7 heteroatoms. The van der Waals surface area contributed by atoms with Crippen LogP contribution in [0.2, 0.25) is 0 Å². The number of carbonyl (C=O) groups excluding carboxylic acids is 1. The number of hydrogen-bond acceptors (Lipinski definition) is 3. The molecule has 2 heterocycles. The molecule has 0 unspecified atom stereocenters. The first kappa shape index (κ1) is 24.7. The molecule has 1 aromatic heterocycles. The maximum atomic E-state index is 14.6. The van der Waals surface area contributed by atoms with Crippen LogP contribution in [0.15, 0.2) is 85.5 Å². The van der Waals surface area contributed by atoms with Gasteiger partial charge in [0.25, 0.3) is 5.91 Å². The van der Waals surface area contributed by atoms with Crippen molar-refractivity contribution in [2.24, 2.45) is 0 Å². The van der Waals surface area contributed by atoms with Gasteiger partial charge >= 0.3 is 0 Å². The summed E-state index contributed by atoms with van der Waals surface area (Å²) < 4.78 is 36.1. The van der Waals surface area contributed by atoms with E-state index in [1.165, 1.54) is 11.6 Å². The lowest BCUT2D eigenvalue weighted by atomic mass is 10.2. The minimum atomic E-state index is -0.523.